The molecule has 0 bridgehead atoms. The Kier molecular flexibility index (Phi) is 3.93. The predicted molar refractivity (Wildman–Crippen MR) is 87.9 cm³/mol. The Hall–Kier alpha value is -2.22. The second-order valence-electron chi connectivity index (χ2n) is 5.79. The Bertz CT molecular complexity index is 808. The maximum absolute atomic E-state index is 12.5. The number of anilines is 1. The number of halogens is 1. The zero-order valence-corrected chi connectivity index (χ0v) is 14.0. The molecular weight excluding hydrogens is 364 g/mol. The van der Waals surface area contributed by atoms with Crippen LogP contribution in [0.15, 0.2) is 39.9 Å². The molecule has 1 saturated heterocycles. The van der Waals surface area contributed by atoms with Crippen LogP contribution in [0.3, 0.4) is 0 Å². The molecule has 23 heavy (non-hydrogen) atoms. The molecule has 2 aromatic heterocycles. The maximum Gasteiger partial charge on any atom is 0.311 e. The van der Waals surface area contributed by atoms with E-state index in [0.717, 1.165) is 0 Å². The highest BCUT2D eigenvalue weighted by atomic mass is 79.9. The quantitative estimate of drug-likeness (QED) is 0.873. The van der Waals surface area contributed by atoms with Crippen LogP contribution >= 0.6 is 15.9 Å². The van der Waals surface area contributed by atoms with Crippen molar-refractivity contribution in [3.63, 3.8) is 0 Å². The lowest BCUT2D eigenvalue weighted by atomic mass is 9.90. The van der Waals surface area contributed by atoms with Gasteiger partial charge in [0.15, 0.2) is 5.82 Å². The first-order chi connectivity index (χ1) is 10.9. The van der Waals surface area contributed by atoms with Gasteiger partial charge in [0.25, 0.3) is 5.56 Å². The van der Waals surface area contributed by atoms with E-state index in [1.165, 1.54) is 4.68 Å². The lowest BCUT2D eigenvalue weighted by Gasteiger charge is -2.22. The molecule has 7 nitrogen and oxygen atoms in total. The highest BCUT2D eigenvalue weighted by Crippen LogP contribution is 2.35. The van der Waals surface area contributed by atoms with Crippen molar-refractivity contribution in [2.24, 2.45) is 5.41 Å². The van der Waals surface area contributed by atoms with E-state index in [1.54, 1.807) is 37.5 Å². The van der Waals surface area contributed by atoms with Gasteiger partial charge in [0.1, 0.15) is 4.47 Å². The van der Waals surface area contributed by atoms with Gasteiger partial charge in [-0.05, 0) is 41.4 Å². The average Bonchev–Trinajstić information content (AvgIpc) is 2.94. The first-order valence-corrected chi connectivity index (χ1v) is 7.89. The van der Waals surface area contributed by atoms with Crippen LogP contribution in [-0.2, 0) is 4.79 Å². The van der Waals surface area contributed by atoms with Crippen molar-refractivity contribution in [1.82, 2.24) is 14.8 Å². The summed E-state index contributed by atoms with van der Waals surface area (Å²) in [5.41, 5.74) is -0.535. The van der Waals surface area contributed by atoms with Crippen LogP contribution in [0, 0.1) is 5.41 Å². The number of aromatic nitrogens is 3. The van der Waals surface area contributed by atoms with Crippen LogP contribution in [0.2, 0.25) is 0 Å². The Morgan fingerprint density at radius 1 is 1.43 bits per heavy atom. The van der Waals surface area contributed by atoms with Crippen LogP contribution in [-0.4, -0.2) is 38.9 Å². The van der Waals surface area contributed by atoms with Crippen LogP contribution in [0.25, 0.3) is 5.82 Å². The van der Waals surface area contributed by atoms with Crippen LogP contribution < -0.4 is 10.5 Å². The van der Waals surface area contributed by atoms with Gasteiger partial charge in [0.05, 0.1) is 17.3 Å². The van der Waals surface area contributed by atoms with Crippen LogP contribution in [0.4, 0.5) is 5.69 Å². The molecule has 1 N–H and O–H groups in total. The van der Waals surface area contributed by atoms with Gasteiger partial charge in [-0.2, -0.15) is 9.78 Å². The highest BCUT2D eigenvalue weighted by molar-refractivity contribution is 9.10. The molecule has 1 aliphatic rings. The van der Waals surface area contributed by atoms with E-state index in [9.17, 15) is 14.7 Å². The molecule has 3 heterocycles. The monoisotopic (exact) mass is 378 g/mol. The topological polar surface area (TPSA) is 88.3 Å². The summed E-state index contributed by atoms with van der Waals surface area (Å²) in [5.74, 6) is -0.396. The molecule has 0 aromatic carbocycles. The van der Waals surface area contributed by atoms with Crippen LogP contribution in [0.5, 0.6) is 0 Å². The second kappa shape index (κ2) is 5.77. The zero-order valence-electron chi connectivity index (χ0n) is 12.4. The van der Waals surface area contributed by atoms with E-state index >= 15 is 0 Å². The van der Waals surface area contributed by atoms with Crippen molar-refractivity contribution in [3.8, 4) is 5.82 Å². The molecule has 0 spiro atoms. The minimum absolute atomic E-state index is 0.329. The lowest BCUT2D eigenvalue weighted by Crippen LogP contribution is -2.33. The summed E-state index contributed by atoms with van der Waals surface area (Å²) < 4.78 is 1.56. The standard InChI is InChI=1S/C15H15BrN4O3/c1-15(14(22)23)5-7-19(9-15)10-8-18-20(13(21)12(10)16)11-4-2-3-6-17-11/h2-4,6,8H,5,7,9H2,1H3,(H,22,23). The Labute approximate surface area is 140 Å². The van der Waals surface area contributed by atoms with Gasteiger partial charge < -0.3 is 10.0 Å². The van der Waals surface area contributed by atoms with Crippen LogP contribution in [0.1, 0.15) is 13.3 Å². The summed E-state index contributed by atoms with van der Waals surface area (Å²) in [7, 11) is 0. The van der Waals surface area contributed by atoms with Crippen molar-refractivity contribution in [1.29, 1.82) is 0 Å². The van der Waals surface area contributed by atoms with Crippen molar-refractivity contribution < 1.29 is 9.90 Å². The number of carbonyl (C=O) groups is 1. The largest absolute Gasteiger partial charge is 0.481 e. The van der Waals surface area contributed by atoms with E-state index in [1.807, 2.05) is 4.90 Å². The summed E-state index contributed by atoms with van der Waals surface area (Å²) in [4.78, 5) is 29.9. The third kappa shape index (κ3) is 2.74. The van der Waals surface area contributed by atoms with Gasteiger partial charge in [0, 0.05) is 19.3 Å². The maximum atomic E-state index is 12.5. The summed E-state index contributed by atoms with van der Waals surface area (Å²) in [6.45, 7) is 2.62. The molecule has 120 valence electrons. The van der Waals surface area contributed by atoms with E-state index < -0.39 is 11.4 Å². The normalized spacial score (nSPS) is 20.7. The molecule has 2 aromatic rings. The average molecular weight is 379 g/mol. The number of hydrogen-bond acceptors (Lipinski definition) is 5. The van der Waals surface area contributed by atoms with E-state index in [0.29, 0.717) is 35.5 Å². The molecule has 1 atom stereocenters. The Morgan fingerprint density at radius 3 is 2.83 bits per heavy atom. The number of carboxylic acids is 1. The van der Waals surface area contributed by atoms with Crippen molar-refractivity contribution in [3.05, 3.63) is 45.4 Å². The summed E-state index contributed by atoms with van der Waals surface area (Å²) in [6.07, 6.45) is 3.68. The molecule has 1 aliphatic heterocycles. The zero-order chi connectivity index (χ0) is 16.6. The third-order valence-electron chi connectivity index (χ3n) is 4.10. The number of carboxylic acid groups (broad SMARTS) is 1. The highest BCUT2D eigenvalue weighted by Gasteiger charge is 2.41. The van der Waals surface area contributed by atoms with Gasteiger partial charge in [-0.1, -0.05) is 6.07 Å². The second-order valence-corrected chi connectivity index (χ2v) is 6.58. The molecule has 1 unspecified atom stereocenters. The number of aliphatic carboxylic acids is 1. The molecule has 0 aliphatic carbocycles. The first-order valence-electron chi connectivity index (χ1n) is 7.10. The Morgan fingerprint density at radius 2 is 2.22 bits per heavy atom. The number of rotatable bonds is 3. The fourth-order valence-electron chi connectivity index (χ4n) is 2.63. The number of nitrogens with zero attached hydrogens (tertiary/aromatic N) is 4. The summed E-state index contributed by atoms with van der Waals surface area (Å²) in [5, 5.41) is 13.5. The van der Waals surface area contributed by atoms with Crippen molar-refractivity contribution in [2.75, 3.05) is 18.0 Å². The summed E-state index contributed by atoms with van der Waals surface area (Å²) >= 11 is 3.32. The third-order valence-corrected chi connectivity index (χ3v) is 4.84. The summed E-state index contributed by atoms with van der Waals surface area (Å²) in [6, 6.07) is 5.23. The number of pyridine rings is 1. The smallest absolute Gasteiger partial charge is 0.311 e. The Balaban J connectivity index is 1.96. The van der Waals surface area contributed by atoms with Gasteiger partial charge in [-0.15, -0.1) is 0 Å². The lowest BCUT2D eigenvalue weighted by molar-refractivity contribution is -0.146. The SMILES string of the molecule is CC1(C(=O)O)CCN(c2cnn(-c3ccccn3)c(=O)c2Br)C1. The first kappa shape index (κ1) is 15.7. The molecule has 0 radical (unpaired) electrons. The van der Waals surface area contributed by atoms with Gasteiger partial charge in [-0.3, -0.25) is 9.59 Å². The minimum Gasteiger partial charge on any atom is -0.481 e. The molecule has 3 rings (SSSR count). The molecule has 0 amide bonds. The minimum atomic E-state index is -0.828. The van der Waals surface area contributed by atoms with E-state index in [2.05, 4.69) is 26.0 Å². The fraction of sp³-hybridized carbons (Fsp3) is 0.333. The van der Waals surface area contributed by atoms with Gasteiger partial charge in [0.2, 0.25) is 0 Å². The number of hydrogen-bond donors (Lipinski definition) is 1. The molecule has 0 saturated carbocycles. The van der Waals surface area contributed by atoms with E-state index in [4.69, 9.17) is 0 Å². The molecule has 8 heteroatoms. The molecular formula is C15H15BrN4O3. The van der Waals surface area contributed by atoms with Crippen molar-refractivity contribution >= 4 is 27.6 Å². The van der Waals surface area contributed by atoms with E-state index in [-0.39, 0.29) is 5.56 Å². The predicted octanol–water partition coefficient (Wildman–Crippen LogP) is 1.69. The van der Waals surface area contributed by atoms with Gasteiger partial charge in [-0.25, -0.2) is 4.98 Å². The van der Waals surface area contributed by atoms with Crippen molar-refractivity contribution in [2.45, 2.75) is 13.3 Å². The van der Waals surface area contributed by atoms with Gasteiger partial charge >= 0.3 is 5.97 Å². The molecule has 1 fully saturated rings. The fourth-order valence-corrected chi connectivity index (χ4v) is 3.15.